The van der Waals surface area contributed by atoms with Gasteiger partial charge in [-0.2, -0.15) is 0 Å². The maximum atomic E-state index is 12.8. The van der Waals surface area contributed by atoms with Gasteiger partial charge >= 0.3 is 17.9 Å². The van der Waals surface area contributed by atoms with Gasteiger partial charge in [0, 0.05) is 19.3 Å². The van der Waals surface area contributed by atoms with Crippen molar-refractivity contribution in [1.29, 1.82) is 0 Å². The zero-order chi connectivity index (χ0) is 45.8. The van der Waals surface area contributed by atoms with E-state index in [1.165, 1.54) is 57.8 Å². The molecule has 0 bridgehead atoms. The van der Waals surface area contributed by atoms with Gasteiger partial charge in [0.1, 0.15) is 13.2 Å². The SMILES string of the molecule is CC/C=C\C/C=C\C/C=C\C/C=C\C/C=C\CCC(=O)OCC(COC(=O)CCCCCCCCC/C=C\C/C=C\CC)OC(=O)CCCCCCCC/C=C\C=C/CCCCC. The second kappa shape index (κ2) is 50.7. The molecule has 1 atom stereocenters. The highest BCUT2D eigenvalue weighted by atomic mass is 16.6. The van der Waals surface area contributed by atoms with Gasteiger partial charge in [0.15, 0.2) is 6.10 Å². The summed E-state index contributed by atoms with van der Waals surface area (Å²) in [5.74, 6) is -1.02. The van der Waals surface area contributed by atoms with Gasteiger partial charge < -0.3 is 14.2 Å². The standard InChI is InChI=1S/C57H92O6/c1-4-7-10-13-16-19-22-25-28-30-32-35-38-41-44-47-50-56(59)62-53-54(52-61-55(58)49-46-43-40-37-34-31-27-24-21-18-15-12-9-6-3)63-57(60)51-48-45-42-39-36-33-29-26-23-20-17-14-11-8-5-2/h7,9-10,12,16-21,23,25-26,28,32,35,41,44,54H,4-6,8,11,13-15,22,24,27,29-31,33-34,36-40,42-43,45-53H2,1-3H3/b10-7-,12-9-,19-16-,20-17-,21-18-,26-23-,28-25-,35-32-,44-41-. The Balaban J connectivity index is 4.54. The van der Waals surface area contributed by atoms with E-state index in [0.29, 0.717) is 19.3 Å². The minimum Gasteiger partial charge on any atom is -0.462 e. The number of ether oxygens (including phenoxy) is 3. The molecule has 356 valence electrons. The first-order valence-electron chi connectivity index (χ1n) is 25.4. The first-order chi connectivity index (χ1) is 31.0. The van der Waals surface area contributed by atoms with Crippen molar-refractivity contribution >= 4 is 17.9 Å². The van der Waals surface area contributed by atoms with E-state index in [2.05, 4.69) is 118 Å². The molecule has 0 aliphatic rings. The van der Waals surface area contributed by atoms with Gasteiger partial charge in [-0.15, -0.1) is 0 Å². The number of carbonyl (C=O) groups is 3. The van der Waals surface area contributed by atoms with Crippen molar-refractivity contribution < 1.29 is 28.6 Å². The lowest BCUT2D eigenvalue weighted by molar-refractivity contribution is -0.166. The van der Waals surface area contributed by atoms with Crippen LogP contribution in [-0.4, -0.2) is 37.2 Å². The fourth-order valence-electron chi connectivity index (χ4n) is 6.52. The normalized spacial score (nSPS) is 13.0. The molecule has 0 aliphatic heterocycles. The molecule has 6 heteroatoms. The number of rotatable bonds is 44. The average molecular weight is 873 g/mol. The summed E-state index contributed by atoms with van der Waals surface area (Å²) in [4.78, 5) is 37.9. The number of unbranched alkanes of at least 4 members (excludes halogenated alkanes) is 16. The Hall–Kier alpha value is -3.93. The van der Waals surface area contributed by atoms with Crippen molar-refractivity contribution in [2.24, 2.45) is 0 Å². The van der Waals surface area contributed by atoms with Crippen molar-refractivity contribution in [2.45, 2.75) is 219 Å². The molecule has 63 heavy (non-hydrogen) atoms. The highest BCUT2D eigenvalue weighted by Gasteiger charge is 2.19. The third kappa shape index (κ3) is 49.0. The van der Waals surface area contributed by atoms with Gasteiger partial charge in [-0.25, -0.2) is 0 Å². The molecule has 0 aliphatic carbocycles. The molecule has 1 unspecified atom stereocenters. The minimum absolute atomic E-state index is 0.112. The first kappa shape index (κ1) is 59.1. The van der Waals surface area contributed by atoms with Crippen LogP contribution in [0, 0.1) is 0 Å². The van der Waals surface area contributed by atoms with Gasteiger partial charge in [0.2, 0.25) is 0 Å². The van der Waals surface area contributed by atoms with Crippen LogP contribution in [0.3, 0.4) is 0 Å². The lowest BCUT2D eigenvalue weighted by Crippen LogP contribution is -2.30. The van der Waals surface area contributed by atoms with Gasteiger partial charge in [0.05, 0.1) is 0 Å². The van der Waals surface area contributed by atoms with E-state index in [-0.39, 0.29) is 37.5 Å². The van der Waals surface area contributed by atoms with E-state index in [9.17, 15) is 14.4 Å². The van der Waals surface area contributed by atoms with Crippen LogP contribution >= 0.6 is 0 Å². The Morgan fingerprint density at radius 2 is 0.698 bits per heavy atom. The van der Waals surface area contributed by atoms with Crippen LogP contribution in [0.5, 0.6) is 0 Å². The van der Waals surface area contributed by atoms with E-state index in [4.69, 9.17) is 14.2 Å². The predicted octanol–water partition coefficient (Wildman–Crippen LogP) is 16.8. The zero-order valence-corrected chi connectivity index (χ0v) is 40.5. The van der Waals surface area contributed by atoms with Crippen molar-refractivity contribution in [1.82, 2.24) is 0 Å². The van der Waals surface area contributed by atoms with Crippen LogP contribution in [0.25, 0.3) is 0 Å². The van der Waals surface area contributed by atoms with E-state index in [1.807, 2.05) is 12.2 Å². The number of hydrogen-bond acceptors (Lipinski definition) is 6. The minimum atomic E-state index is -0.819. The molecule has 0 amide bonds. The highest BCUT2D eigenvalue weighted by molar-refractivity contribution is 5.71. The van der Waals surface area contributed by atoms with Crippen molar-refractivity contribution in [2.75, 3.05) is 13.2 Å². The van der Waals surface area contributed by atoms with Gasteiger partial charge in [-0.05, 0) is 103 Å². The molecule has 0 aromatic heterocycles. The fourth-order valence-corrected chi connectivity index (χ4v) is 6.52. The van der Waals surface area contributed by atoms with Crippen LogP contribution in [0.15, 0.2) is 109 Å². The van der Waals surface area contributed by atoms with Crippen LogP contribution in [-0.2, 0) is 28.6 Å². The molecule has 0 fully saturated rings. The topological polar surface area (TPSA) is 78.9 Å². The summed E-state index contributed by atoms with van der Waals surface area (Å²) in [6.45, 7) is 6.29. The van der Waals surface area contributed by atoms with Gasteiger partial charge in [-0.1, -0.05) is 201 Å². The zero-order valence-electron chi connectivity index (χ0n) is 40.5. The summed E-state index contributed by atoms with van der Waals surface area (Å²) < 4.78 is 16.7. The molecule has 0 saturated carbocycles. The average Bonchev–Trinajstić information content (AvgIpc) is 3.28. The maximum Gasteiger partial charge on any atom is 0.306 e. The summed E-state index contributed by atoms with van der Waals surface area (Å²) in [7, 11) is 0. The molecule has 0 saturated heterocycles. The number of esters is 3. The number of hydrogen-bond donors (Lipinski definition) is 0. The summed E-state index contributed by atoms with van der Waals surface area (Å²) in [6, 6.07) is 0. The Bertz CT molecular complexity index is 1330. The second-order valence-corrected chi connectivity index (χ2v) is 16.3. The van der Waals surface area contributed by atoms with Crippen molar-refractivity contribution in [3.8, 4) is 0 Å². The van der Waals surface area contributed by atoms with Gasteiger partial charge in [-0.3, -0.25) is 14.4 Å². The van der Waals surface area contributed by atoms with Gasteiger partial charge in [0.25, 0.3) is 0 Å². The van der Waals surface area contributed by atoms with Crippen LogP contribution < -0.4 is 0 Å². The third-order valence-electron chi connectivity index (χ3n) is 10.3. The highest BCUT2D eigenvalue weighted by Crippen LogP contribution is 2.13. The van der Waals surface area contributed by atoms with E-state index >= 15 is 0 Å². The maximum absolute atomic E-state index is 12.8. The molecule has 0 heterocycles. The lowest BCUT2D eigenvalue weighted by Gasteiger charge is -2.18. The third-order valence-corrected chi connectivity index (χ3v) is 10.3. The Labute approximate surface area is 387 Å². The molecule has 0 radical (unpaired) electrons. The van der Waals surface area contributed by atoms with Crippen LogP contribution in [0.1, 0.15) is 213 Å². The molecule has 0 N–H and O–H groups in total. The van der Waals surface area contributed by atoms with E-state index in [0.717, 1.165) is 109 Å². The predicted molar refractivity (Wildman–Crippen MR) is 270 cm³/mol. The van der Waals surface area contributed by atoms with Crippen LogP contribution in [0.4, 0.5) is 0 Å². The molecule has 0 rings (SSSR count). The van der Waals surface area contributed by atoms with Crippen molar-refractivity contribution in [3.63, 3.8) is 0 Å². The molecule has 0 spiro atoms. The second-order valence-electron chi connectivity index (χ2n) is 16.3. The molecule has 6 nitrogen and oxygen atoms in total. The molecule has 0 aromatic rings. The Kier molecular flexibility index (Phi) is 47.5. The summed E-state index contributed by atoms with van der Waals surface area (Å²) in [5.41, 5.74) is 0. The monoisotopic (exact) mass is 873 g/mol. The van der Waals surface area contributed by atoms with E-state index < -0.39 is 6.10 Å². The molecule has 0 aromatic carbocycles. The quantitative estimate of drug-likeness (QED) is 0.0199. The molecular formula is C57H92O6. The Morgan fingerprint density at radius 1 is 0.349 bits per heavy atom. The first-order valence-corrected chi connectivity index (χ1v) is 25.4. The number of allylic oxidation sites excluding steroid dienone is 18. The largest absolute Gasteiger partial charge is 0.462 e. The van der Waals surface area contributed by atoms with Crippen LogP contribution in [0.2, 0.25) is 0 Å². The fraction of sp³-hybridized carbons (Fsp3) is 0.632. The van der Waals surface area contributed by atoms with E-state index in [1.54, 1.807) is 0 Å². The summed E-state index contributed by atoms with van der Waals surface area (Å²) in [6.07, 6.45) is 67.9. The van der Waals surface area contributed by atoms with Crippen molar-refractivity contribution in [3.05, 3.63) is 109 Å². The molecular weight excluding hydrogens is 781 g/mol. The lowest BCUT2D eigenvalue weighted by atomic mass is 10.1. The summed E-state index contributed by atoms with van der Waals surface area (Å²) >= 11 is 0. The number of carbonyl (C=O) groups excluding carboxylic acids is 3. The summed E-state index contributed by atoms with van der Waals surface area (Å²) in [5, 5.41) is 0. The smallest absolute Gasteiger partial charge is 0.306 e. The Morgan fingerprint density at radius 3 is 1.16 bits per heavy atom.